The minimum Gasteiger partial charge on any atom is -0.494 e. The molecule has 0 saturated carbocycles. The lowest BCUT2D eigenvalue weighted by Crippen LogP contribution is -2.00. The summed E-state index contributed by atoms with van der Waals surface area (Å²) in [5.74, 6) is -0.408. The number of hydrogen-bond acceptors (Lipinski definition) is 3. The number of rotatable bonds is 3. The van der Waals surface area contributed by atoms with Crippen LogP contribution in [0.25, 0.3) is 10.8 Å². The van der Waals surface area contributed by atoms with E-state index < -0.39 is 5.97 Å². The molecule has 88 valence electrons. The summed E-state index contributed by atoms with van der Waals surface area (Å²) in [6.07, 6.45) is 0. The molecule has 0 saturated heterocycles. The molecule has 0 amide bonds. The number of aromatic carboxylic acids is 1. The Kier molecular flexibility index (Phi) is 3.15. The van der Waals surface area contributed by atoms with Crippen molar-refractivity contribution >= 4 is 28.3 Å². The maximum Gasteiger partial charge on any atom is 0.354 e. The highest BCUT2D eigenvalue weighted by atomic mass is 35.5. The van der Waals surface area contributed by atoms with Crippen LogP contribution in [-0.4, -0.2) is 22.7 Å². The number of halogens is 1. The van der Waals surface area contributed by atoms with Crippen LogP contribution in [0.2, 0.25) is 5.15 Å². The third-order valence-corrected chi connectivity index (χ3v) is 2.58. The van der Waals surface area contributed by atoms with E-state index >= 15 is 0 Å². The molecule has 1 aromatic carbocycles. The molecule has 0 aliphatic carbocycles. The lowest BCUT2D eigenvalue weighted by molar-refractivity contribution is 0.0690. The molecule has 4 nitrogen and oxygen atoms in total. The van der Waals surface area contributed by atoms with Crippen LogP contribution < -0.4 is 4.74 Å². The molecule has 0 aliphatic heterocycles. The summed E-state index contributed by atoms with van der Waals surface area (Å²) in [6.45, 7) is 2.45. The Labute approximate surface area is 103 Å². The van der Waals surface area contributed by atoms with Crippen molar-refractivity contribution in [1.29, 1.82) is 0 Å². The van der Waals surface area contributed by atoms with E-state index in [0.29, 0.717) is 17.7 Å². The van der Waals surface area contributed by atoms with Gasteiger partial charge in [-0.25, -0.2) is 9.78 Å². The summed E-state index contributed by atoms with van der Waals surface area (Å²) in [7, 11) is 0. The second-order valence-corrected chi connectivity index (χ2v) is 3.78. The number of pyridine rings is 1. The van der Waals surface area contributed by atoms with E-state index in [1.54, 1.807) is 18.2 Å². The lowest BCUT2D eigenvalue weighted by Gasteiger charge is -2.06. The Morgan fingerprint density at radius 3 is 2.88 bits per heavy atom. The Morgan fingerprint density at radius 1 is 1.47 bits per heavy atom. The van der Waals surface area contributed by atoms with E-state index in [4.69, 9.17) is 21.4 Å². The van der Waals surface area contributed by atoms with Gasteiger partial charge in [0, 0.05) is 5.39 Å². The lowest BCUT2D eigenvalue weighted by atomic mass is 10.1. The zero-order chi connectivity index (χ0) is 12.4. The standard InChI is InChI=1S/C12H10ClNO3/c1-2-17-8-4-3-7-5-10(12(15)16)14-11(13)9(7)6-8/h3-6H,2H2,1H3,(H,15,16). The van der Waals surface area contributed by atoms with Gasteiger partial charge in [-0.3, -0.25) is 0 Å². The normalized spacial score (nSPS) is 10.5. The molecule has 2 rings (SSSR count). The van der Waals surface area contributed by atoms with Crippen LogP contribution in [0.5, 0.6) is 5.75 Å². The van der Waals surface area contributed by atoms with Crippen molar-refractivity contribution in [2.75, 3.05) is 6.61 Å². The minimum atomic E-state index is -1.09. The second-order valence-electron chi connectivity index (χ2n) is 3.42. The molecule has 2 aromatic rings. The summed E-state index contributed by atoms with van der Waals surface area (Å²) in [6, 6.07) is 6.77. The number of carboxylic acids is 1. The van der Waals surface area contributed by atoms with Crippen LogP contribution in [0.15, 0.2) is 24.3 Å². The monoisotopic (exact) mass is 251 g/mol. The smallest absolute Gasteiger partial charge is 0.354 e. The highest BCUT2D eigenvalue weighted by Gasteiger charge is 2.10. The molecule has 1 aromatic heterocycles. The third-order valence-electron chi connectivity index (χ3n) is 2.29. The Bertz CT molecular complexity index is 583. The highest BCUT2D eigenvalue weighted by Crippen LogP contribution is 2.26. The molecule has 1 N–H and O–H groups in total. The summed E-state index contributed by atoms with van der Waals surface area (Å²) in [4.78, 5) is 14.6. The van der Waals surface area contributed by atoms with Crippen LogP contribution in [0, 0.1) is 0 Å². The van der Waals surface area contributed by atoms with E-state index in [1.165, 1.54) is 6.07 Å². The van der Waals surface area contributed by atoms with E-state index in [0.717, 1.165) is 5.39 Å². The number of carboxylic acid groups (broad SMARTS) is 1. The number of hydrogen-bond donors (Lipinski definition) is 1. The van der Waals surface area contributed by atoms with Crippen molar-refractivity contribution < 1.29 is 14.6 Å². The van der Waals surface area contributed by atoms with Crippen molar-refractivity contribution in [3.8, 4) is 5.75 Å². The average Bonchev–Trinajstić information content (AvgIpc) is 2.30. The molecular formula is C12H10ClNO3. The van der Waals surface area contributed by atoms with E-state index in [-0.39, 0.29) is 10.8 Å². The van der Waals surface area contributed by atoms with Crippen LogP contribution in [0.3, 0.4) is 0 Å². The first-order valence-corrected chi connectivity index (χ1v) is 5.46. The molecule has 0 unspecified atom stereocenters. The van der Waals surface area contributed by atoms with Gasteiger partial charge in [-0.2, -0.15) is 0 Å². The minimum absolute atomic E-state index is 0.0633. The van der Waals surface area contributed by atoms with Gasteiger partial charge in [0.25, 0.3) is 0 Å². The number of carbonyl (C=O) groups is 1. The Morgan fingerprint density at radius 2 is 2.24 bits per heavy atom. The molecule has 17 heavy (non-hydrogen) atoms. The highest BCUT2D eigenvalue weighted by molar-refractivity contribution is 6.34. The Hall–Kier alpha value is -1.81. The summed E-state index contributed by atoms with van der Waals surface area (Å²) < 4.78 is 5.34. The van der Waals surface area contributed by atoms with Crippen molar-refractivity contribution in [2.45, 2.75) is 6.92 Å². The summed E-state index contributed by atoms with van der Waals surface area (Å²) >= 11 is 5.95. The second kappa shape index (κ2) is 4.59. The molecular weight excluding hydrogens is 242 g/mol. The largest absolute Gasteiger partial charge is 0.494 e. The Balaban J connectivity index is 2.60. The summed E-state index contributed by atoms with van der Waals surface area (Å²) in [5.41, 5.74) is -0.0633. The van der Waals surface area contributed by atoms with Gasteiger partial charge in [-0.15, -0.1) is 0 Å². The average molecular weight is 252 g/mol. The quantitative estimate of drug-likeness (QED) is 0.852. The number of fused-ring (bicyclic) bond motifs is 1. The molecule has 0 fully saturated rings. The van der Waals surface area contributed by atoms with Gasteiger partial charge in [0.15, 0.2) is 5.69 Å². The molecule has 0 spiro atoms. The van der Waals surface area contributed by atoms with Gasteiger partial charge in [-0.1, -0.05) is 17.7 Å². The number of aromatic nitrogens is 1. The first-order valence-electron chi connectivity index (χ1n) is 5.08. The topological polar surface area (TPSA) is 59.4 Å². The zero-order valence-electron chi connectivity index (χ0n) is 9.11. The van der Waals surface area contributed by atoms with Gasteiger partial charge in [0.05, 0.1) is 6.61 Å². The molecule has 0 aliphatic rings. The molecule has 0 bridgehead atoms. The zero-order valence-corrected chi connectivity index (χ0v) is 9.86. The molecule has 5 heteroatoms. The van der Waals surface area contributed by atoms with Gasteiger partial charge < -0.3 is 9.84 Å². The van der Waals surface area contributed by atoms with Crippen molar-refractivity contribution in [3.05, 3.63) is 35.1 Å². The van der Waals surface area contributed by atoms with Gasteiger partial charge in [-0.05, 0) is 30.5 Å². The fraction of sp³-hybridized carbons (Fsp3) is 0.167. The van der Waals surface area contributed by atoms with E-state index in [9.17, 15) is 4.79 Å². The van der Waals surface area contributed by atoms with Crippen LogP contribution in [0.4, 0.5) is 0 Å². The predicted octanol–water partition coefficient (Wildman–Crippen LogP) is 2.99. The number of ether oxygens (including phenoxy) is 1. The molecule has 0 atom stereocenters. The summed E-state index contributed by atoms with van der Waals surface area (Å²) in [5, 5.41) is 10.4. The van der Waals surface area contributed by atoms with E-state index in [2.05, 4.69) is 4.98 Å². The first kappa shape index (κ1) is 11.7. The fourth-order valence-electron chi connectivity index (χ4n) is 1.55. The third kappa shape index (κ3) is 2.31. The van der Waals surface area contributed by atoms with Crippen LogP contribution in [-0.2, 0) is 0 Å². The van der Waals surface area contributed by atoms with Gasteiger partial charge in [0.2, 0.25) is 0 Å². The van der Waals surface area contributed by atoms with Crippen molar-refractivity contribution in [3.63, 3.8) is 0 Å². The fourth-order valence-corrected chi connectivity index (χ4v) is 1.81. The SMILES string of the molecule is CCOc1ccc2cc(C(=O)O)nc(Cl)c2c1. The van der Waals surface area contributed by atoms with Gasteiger partial charge in [0.1, 0.15) is 10.9 Å². The number of benzene rings is 1. The molecule has 0 radical (unpaired) electrons. The molecule has 1 heterocycles. The van der Waals surface area contributed by atoms with Crippen LogP contribution >= 0.6 is 11.6 Å². The van der Waals surface area contributed by atoms with Crippen molar-refractivity contribution in [2.24, 2.45) is 0 Å². The van der Waals surface area contributed by atoms with Crippen LogP contribution in [0.1, 0.15) is 17.4 Å². The van der Waals surface area contributed by atoms with Gasteiger partial charge >= 0.3 is 5.97 Å². The maximum absolute atomic E-state index is 10.8. The van der Waals surface area contributed by atoms with Crippen molar-refractivity contribution in [1.82, 2.24) is 4.98 Å². The predicted molar refractivity (Wildman–Crippen MR) is 64.9 cm³/mol. The number of nitrogens with zero attached hydrogens (tertiary/aromatic N) is 1. The van der Waals surface area contributed by atoms with E-state index in [1.807, 2.05) is 6.92 Å². The maximum atomic E-state index is 10.8. The first-order chi connectivity index (χ1) is 8.11.